The van der Waals surface area contributed by atoms with Crippen LogP contribution in [0, 0.1) is 5.92 Å². The first-order valence-corrected chi connectivity index (χ1v) is 9.19. The van der Waals surface area contributed by atoms with E-state index in [-0.39, 0.29) is 12.2 Å². The molecule has 0 saturated heterocycles. The van der Waals surface area contributed by atoms with Crippen LogP contribution in [0.4, 0.5) is 0 Å². The predicted octanol–water partition coefficient (Wildman–Crippen LogP) is 4.12. The van der Waals surface area contributed by atoms with E-state index in [0.717, 1.165) is 24.8 Å². The molecule has 0 bridgehead atoms. The van der Waals surface area contributed by atoms with E-state index in [9.17, 15) is 15.3 Å². The highest BCUT2D eigenvalue weighted by atomic mass is 16.3. The molecule has 0 heterocycles. The van der Waals surface area contributed by atoms with Gasteiger partial charge in [-0.2, -0.15) is 0 Å². The van der Waals surface area contributed by atoms with E-state index in [4.69, 9.17) is 0 Å². The molecule has 0 aromatic heterocycles. The third kappa shape index (κ3) is 10.7. The van der Waals surface area contributed by atoms with Crippen LogP contribution in [0.25, 0.3) is 0 Å². The Bertz CT molecular complexity index is 367. The minimum Gasteiger partial charge on any atom is -0.393 e. The lowest BCUT2D eigenvalue weighted by atomic mass is 9.90. The van der Waals surface area contributed by atoms with Gasteiger partial charge >= 0.3 is 0 Å². The van der Waals surface area contributed by atoms with Crippen molar-refractivity contribution in [3.8, 4) is 0 Å². The van der Waals surface area contributed by atoms with E-state index in [2.05, 4.69) is 25.2 Å². The van der Waals surface area contributed by atoms with Crippen LogP contribution >= 0.6 is 0 Å². The maximum absolute atomic E-state index is 9.70. The first-order valence-electron chi connectivity index (χ1n) is 9.19. The van der Waals surface area contributed by atoms with Crippen LogP contribution in [-0.2, 0) is 0 Å². The van der Waals surface area contributed by atoms with E-state index in [1.807, 2.05) is 13.8 Å². The second-order valence-electron chi connectivity index (χ2n) is 7.95. The van der Waals surface area contributed by atoms with Crippen LogP contribution in [0.3, 0.4) is 0 Å². The maximum atomic E-state index is 9.70. The SMILES string of the molecule is CC(CCC/C=C/C=C1CC(O)CC(O)C1)CCCC(C)(C)O. The van der Waals surface area contributed by atoms with Crippen molar-refractivity contribution in [3.63, 3.8) is 0 Å². The topological polar surface area (TPSA) is 60.7 Å². The van der Waals surface area contributed by atoms with Gasteiger partial charge in [-0.3, -0.25) is 0 Å². The normalized spacial score (nSPS) is 24.2. The fourth-order valence-corrected chi connectivity index (χ4v) is 3.22. The van der Waals surface area contributed by atoms with Crippen molar-refractivity contribution < 1.29 is 15.3 Å². The average Bonchev–Trinajstić information content (AvgIpc) is 2.40. The summed E-state index contributed by atoms with van der Waals surface area (Å²) in [5.41, 5.74) is 0.614. The van der Waals surface area contributed by atoms with Crippen LogP contribution < -0.4 is 0 Å². The first-order chi connectivity index (χ1) is 10.8. The Morgan fingerprint density at radius 2 is 1.74 bits per heavy atom. The Morgan fingerprint density at radius 1 is 1.13 bits per heavy atom. The first kappa shape index (κ1) is 20.4. The van der Waals surface area contributed by atoms with E-state index in [0.29, 0.717) is 25.2 Å². The van der Waals surface area contributed by atoms with Crippen molar-refractivity contribution in [2.75, 3.05) is 0 Å². The Kier molecular flexibility index (Phi) is 9.11. The van der Waals surface area contributed by atoms with Gasteiger partial charge in [0.2, 0.25) is 0 Å². The minimum absolute atomic E-state index is 0.386. The fourth-order valence-electron chi connectivity index (χ4n) is 3.22. The second kappa shape index (κ2) is 10.3. The molecular formula is C20H36O3. The number of rotatable bonds is 9. The molecule has 0 aromatic rings. The summed E-state index contributed by atoms with van der Waals surface area (Å²) in [7, 11) is 0. The molecule has 0 spiro atoms. The Labute approximate surface area is 142 Å². The quantitative estimate of drug-likeness (QED) is 0.559. The number of hydrogen-bond acceptors (Lipinski definition) is 3. The zero-order valence-corrected chi connectivity index (χ0v) is 15.2. The summed E-state index contributed by atoms with van der Waals surface area (Å²) in [5, 5.41) is 29.0. The fraction of sp³-hybridized carbons (Fsp3) is 0.800. The highest BCUT2D eigenvalue weighted by molar-refractivity contribution is 5.16. The minimum atomic E-state index is -0.532. The summed E-state index contributed by atoms with van der Waals surface area (Å²) in [4.78, 5) is 0. The van der Waals surface area contributed by atoms with Crippen molar-refractivity contribution in [1.82, 2.24) is 0 Å². The van der Waals surface area contributed by atoms with Crippen LogP contribution in [0.2, 0.25) is 0 Å². The highest BCUT2D eigenvalue weighted by Gasteiger charge is 2.20. The van der Waals surface area contributed by atoms with Gasteiger partial charge in [0.05, 0.1) is 17.8 Å². The van der Waals surface area contributed by atoms with Gasteiger partial charge in [-0.05, 0) is 58.3 Å². The standard InChI is InChI=1S/C20H36O3/c1-16(10-8-12-20(2,3)23)9-6-4-5-7-11-17-13-18(21)15-19(22)14-17/h5,7,11,16,18-19,21-23H,4,6,8-10,12-15H2,1-3H3/b7-5+,17-11?. The Morgan fingerprint density at radius 3 is 2.35 bits per heavy atom. The molecule has 3 atom stereocenters. The van der Waals surface area contributed by atoms with Crippen molar-refractivity contribution in [3.05, 3.63) is 23.8 Å². The molecule has 1 saturated carbocycles. The number of hydrogen-bond donors (Lipinski definition) is 3. The van der Waals surface area contributed by atoms with Crippen molar-refractivity contribution in [2.45, 2.75) is 96.4 Å². The van der Waals surface area contributed by atoms with E-state index in [1.165, 1.54) is 19.3 Å². The molecule has 3 unspecified atom stereocenters. The van der Waals surface area contributed by atoms with Crippen molar-refractivity contribution in [1.29, 1.82) is 0 Å². The zero-order valence-electron chi connectivity index (χ0n) is 15.2. The molecule has 0 aromatic carbocycles. The molecule has 0 aliphatic heterocycles. The lowest BCUT2D eigenvalue weighted by Gasteiger charge is -2.24. The lowest BCUT2D eigenvalue weighted by molar-refractivity contribution is 0.0609. The molecule has 1 fully saturated rings. The molecule has 3 heteroatoms. The lowest BCUT2D eigenvalue weighted by Crippen LogP contribution is -2.24. The summed E-state index contributed by atoms with van der Waals surface area (Å²) in [6.45, 7) is 6.05. The number of allylic oxidation sites excluding steroid dienone is 3. The van der Waals surface area contributed by atoms with Crippen LogP contribution in [0.15, 0.2) is 23.8 Å². The third-order valence-electron chi connectivity index (χ3n) is 4.56. The molecule has 3 nitrogen and oxygen atoms in total. The summed E-state index contributed by atoms with van der Waals surface area (Å²) in [5.74, 6) is 0.716. The molecule has 1 aliphatic carbocycles. The Balaban J connectivity index is 2.12. The van der Waals surface area contributed by atoms with Gasteiger partial charge in [0.15, 0.2) is 0 Å². The van der Waals surface area contributed by atoms with Gasteiger partial charge in [-0.1, -0.05) is 50.0 Å². The zero-order chi connectivity index (χ0) is 17.3. The smallest absolute Gasteiger partial charge is 0.0602 e. The van der Waals surface area contributed by atoms with Crippen LogP contribution in [-0.4, -0.2) is 33.1 Å². The van der Waals surface area contributed by atoms with Gasteiger partial charge in [0, 0.05) is 0 Å². The average molecular weight is 325 g/mol. The van der Waals surface area contributed by atoms with Gasteiger partial charge in [0.1, 0.15) is 0 Å². The van der Waals surface area contributed by atoms with Gasteiger partial charge in [0.25, 0.3) is 0 Å². The highest BCUT2D eigenvalue weighted by Crippen LogP contribution is 2.24. The van der Waals surface area contributed by atoms with Gasteiger partial charge in [-0.15, -0.1) is 0 Å². The van der Waals surface area contributed by atoms with Crippen molar-refractivity contribution in [2.24, 2.45) is 5.92 Å². The summed E-state index contributed by atoms with van der Waals surface area (Å²) in [6.07, 6.45) is 14.1. The molecular weight excluding hydrogens is 288 g/mol. The molecule has 1 aliphatic rings. The second-order valence-corrected chi connectivity index (χ2v) is 7.95. The van der Waals surface area contributed by atoms with Crippen molar-refractivity contribution >= 4 is 0 Å². The molecule has 0 amide bonds. The molecule has 134 valence electrons. The number of aliphatic hydroxyl groups excluding tert-OH is 2. The summed E-state index contributed by atoms with van der Waals surface area (Å²) in [6, 6.07) is 0. The molecule has 3 N–H and O–H groups in total. The van der Waals surface area contributed by atoms with E-state index < -0.39 is 5.60 Å². The molecule has 0 radical (unpaired) electrons. The van der Waals surface area contributed by atoms with Crippen LogP contribution in [0.1, 0.15) is 78.6 Å². The third-order valence-corrected chi connectivity index (χ3v) is 4.56. The molecule has 1 rings (SSSR count). The van der Waals surface area contributed by atoms with E-state index in [1.54, 1.807) is 0 Å². The maximum Gasteiger partial charge on any atom is 0.0602 e. The number of unbranched alkanes of at least 4 members (excludes halogenated alkanes) is 1. The van der Waals surface area contributed by atoms with Crippen LogP contribution in [0.5, 0.6) is 0 Å². The summed E-state index contributed by atoms with van der Waals surface area (Å²) >= 11 is 0. The number of aliphatic hydroxyl groups is 3. The van der Waals surface area contributed by atoms with Gasteiger partial charge < -0.3 is 15.3 Å². The predicted molar refractivity (Wildman–Crippen MR) is 96.3 cm³/mol. The molecule has 23 heavy (non-hydrogen) atoms. The monoisotopic (exact) mass is 324 g/mol. The van der Waals surface area contributed by atoms with E-state index >= 15 is 0 Å². The van der Waals surface area contributed by atoms with Gasteiger partial charge in [-0.25, -0.2) is 0 Å². The Hall–Kier alpha value is -0.640. The largest absolute Gasteiger partial charge is 0.393 e. The summed E-state index contributed by atoms with van der Waals surface area (Å²) < 4.78 is 0.